The molecule has 6 heteroatoms. The summed E-state index contributed by atoms with van der Waals surface area (Å²) in [4.78, 5) is 16.9. The Labute approximate surface area is 165 Å². The number of ether oxygens (including phenoxy) is 2. The molecule has 1 aromatic carbocycles. The summed E-state index contributed by atoms with van der Waals surface area (Å²) in [7, 11) is 0. The predicted molar refractivity (Wildman–Crippen MR) is 103 cm³/mol. The summed E-state index contributed by atoms with van der Waals surface area (Å²) < 4.78 is 25.0. The van der Waals surface area contributed by atoms with Gasteiger partial charge in [0.05, 0.1) is 13.2 Å². The van der Waals surface area contributed by atoms with E-state index in [9.17, 15) is 9.18 Å². The van der Waals surface area contributed by atoms with Crippen LogP contribution in [0.2, 0.25) is 0 Å². The monoisotopic (exact) mass is 388 g/mol. The number of likely N-dealkylation sites (tertiary alicyclic amines) is 1. The molecule has 0 N–H and O–H groups in total. The van der Waals surface area contributed by atoms with E-state index >= 15 is 0 Å². The number of benzene rings is 1. The van der Waals surface area contributed by atoms with Gasteiger partial charge >= 0.3 is 6.09 Å². The zero-order chi connectivity index (χ0) is 19.3. The van der Waals surface area contributed by atoms with Crippen LogP contribution in [0, 0.1) is 5.82 Å². The van der Waals surface area contributed by atoms with Gasteiger partial charge in [0.1, 0.15) is 11.6 Å². The first-order chi connectivity index (χ1) is 13.6. The molecule has 1 amide bonds. The average Bonchev–Trinajstić information content (AvgIpc) is 3.17. The summed E-state index contributed by atoms with van der Waals surface area (Å²) in [5.74, 6) is 0.685. The fourth-order valence-corrected chi connectivity index (χ4v) is 6.01. The molecular weight excluding hydrogens is 359 g/mol. The molecule has 4 aliphatic heterocycles. The topological polar surface area (TPSA) is 42.0 Å². The van der Waals surface area contributed by atoms with E-state index in [1.165, 1.54) is 6.07 Å². The molecule has 4 heterocycles. The standard InChI is InChI=1S/C22H29FN2O3/c1-2-27-21(26)25-16-4-5-17(25)13-18(12-16)24-9-7-22(8-10-24)14-28-20-6-3-15(23)11-19(20)22/h3,6,11,16-18H,2,4-5,7-10,12-14H2,1H3. The Hall–Kier alpha value is -1.82. The second-order valence-electron chi connectivity index (χ2n) is 8.86. The van der Waals surface area contributed by atoms with E-state index in [0.717, 1.165) is 62.9 Å². The van der Waals surface area contributed by atoms with Gasteiger partial charge in [-0.15, -0.1) is 0 Å². The van der Waals surface area contributed by atoms with E-state index in [-0.39, 0.29) is 17.3 Å². The molecule has 152 valence electrons. The van der Waals surface area contributed by atoms with Gasteiger partial charge in [0.2, 0.25) is 0 Å². The van der Waals surface area contributed by atoms with Crippen molar-refractivity contribution in [2.45, 2.75) is 69.0 Å². The molecule has 1 aromatic rings. The number of fused-ring (bicyclic) bond motifs is 4. The van der Waals surface area contributed by atoms with Crippen LogP contribution in [0.5, 0.6) is 5.75 Å². The van der Waals surface area contributed by atoms with Crippen molar-refractivity contribution in [3.63, 3.8) is 0 Å². The SMILES string of the molecule is CCOC(=O)N1C2CCC1CC(N1CCC3(CC1)COc1ccc(F)cc13)C2. The minimum absolute atomic E-state index is 0.0292. The highest BCUT2D eigenvalue weighted by Crippen LogP contribution is 2.47. The Morgan fingerprint density at radius 2 is 1.93 bits per heavy atom. The summed E-state index contributed by atoms with van der Waals surface area (Å²) in [5, 5.41) is 0. The summed E-state index contributed by atoms with van der Waals surface area (Å²) in [6, 6.07) is 6.12. The molecule has 3 fully saturated rings. The maximum Gasteiger partial charge on any atom is 0.410 e. The van der Waals surface area contributed by atoms with Crippen LogP contribution in [-0.4, -0.2) is 60.3 Å². The first-order valence-corrected chi connectivity index (χ1v) is 10.7. The number of nitrogens with zero attached hydrogens (tertiary/aromatic N) is 2. The average molecular weight is 388 g/mol. The largest absolute Gasteiger partial charge is 0.492 e. The van der Waals surface area contributed by atoms with Crippen LogP contribution >= 0.6 is 0 Å². The highest BCUT2D eigenvalue weighted by molar-refractivity contribution is 5.69. The minimum Gasteiger partial charge on any atom is -0.492 e. The molecule has 0 aliphatic carbocycles. The first kappa shape index (κ1) is 18.2. The van der Waals surface area contributed by atoms with Crippen molar-refractivity contribution in [1.29, 1.82) is 0 Å². The molecular formula is C22H29FN2O3. The maximum absolute atomic E-state index is 13.8. The molecule has 0 radical (unpaired) electrons. The van der Waals surface area contributed by atoms with Crippen molar-refractivity contribution in [3.8, 4) is 5.75 Å². The lowest BCUT2D eigenvalue weighted by Gasteiger charge is -2.46. The summed E-state index contributed by atoms with van der Waals surface area (Å²) in [5.41, 5.74) is 1.03. The van der Waals surface area contributed by atoms with Gasteiger partial charge in [0.15, 0.2) is 0 Å². The van der Waals surface area contributed by atoms with Crippen molar-refractivity contribution in [1.82, 2.24) is 9.80 Å². The van der Waals surface area contributed by atoms with Gasteiger partial charge in [-0.2, -0.15) is 0 Å². The first-order valence-electron chi connectivity index (χ1n) is 10.7. The third kappa shape index (κ3) is 2.88. The zero-order valence-electron chi connectivity index (χ0n) is 16.5. The van der Waals surface area contributed by atoms with Crippen molar-refractivity contribution in [3.05, 3.63) is 29.6 Å². The molecule has 2 atom stereocenters. The van der Waals surface area contributed by atoms with Crippen LogP contribution in [0.1, 0.15) is 51.0 Å². The highest BCUT2D eigenvalue weighted by Gasteiger charge is 2.48. The molecule has 3 saturated heterocycles. The fraction of sp³-hybridized carbons (Fsp3) is 0.682. The van der Waals surface area contributed by atoms with Crippen LogP contribution in [0.3, 0.4) is 0 Å². The number of piperidine rings is 2. The summed E-state index contributed by atoms with van der Waals surface area (Å²) in [6.45, 7) is 5.02. The molecule has 5 nitrogen and oxygen atoms in total. The lowest BCUT2D eigenvalue weighted by atomic mass is 9.74. The number of amides is 1. The molecule has 5 rings (SSSR count). The molecule has 4 aliphatic rings. The Balaban J connectivity index is 1.25. The maximum atomic E-state index is 13.8. The minimum atomic E-state index is -0.172. The van der Waals surface area contributed by atoms with Crippen molar-refractivity contribution < 1.29 is 18.7 Å². The van der Waals surface area contributed by atoms with Gasteiger partial charge in [-0.1, -0.05) is 0 Å². The molecule has 0 saturated carbocycles. The molecule has 28 heavy (non-hydrogen) atoms. The molecule has 2 unspecified atom stereocenters. The van der Waals surface area contributed by atoms with Crippen LogP contribution in [-0.2, 0) is 10.2 Å². The fourth-order valence-electron chi connectivity index (χ4n) is 6.01. The van der Waals surface area contributed by atoms with Gasteiger partial charge < -0.3 is 19.3 Å². The second-order valence-corrected chi connectivity index (χ2v) is 8.86. The molecule has 0 aromatic heterocycles. The quantitative estimate of drug-likeness (QED) is 0.775. The van der Waals surface area contributed by atoms with E-state index in [1.54, 1.807) is 12.1 Å². The van der Waals surface area contributed by atoms with E-state index in [1.807, 2.05) is 11.8 Å². The lowest BCUT2D eigenvalue weighted by molar-refractivity contribution is 0.0249. The lowest BCUT2D eigenvalue weighted by Crippen LogP contribution is -2.55. The number of carbonyl (C=O) groups is 1. The predicted octanol–water partition coefficient (Wildman–Crippen LogP) is 3.70. The molecule has 1 spiro atoms. The Morgan fingerprint density at radius 1 is 1.21 bits per heavy atom. The van der Waals surface area contributed by atoms with Crippen molar-refractivity contribution in [2.24, 2.45) is 0 Å². The second kappa shape index (κ2) is 6.90. The van der Waals surface area contributed by atoms with E-state index in [0.29, 0.717) is 31.3 Å². The zero-order valence-corrected chi connectivity index (χ0v) is 16.5. The summed E-state index contributed by atoms with van der Waals surface area (Å²) >= 11 is 0. The van der Waals surface area contributed by atoms with Crippen LogP contribution in [0.4, 0.5) is 9.18 Å². The molecule has 2 bridgehead atoms. The normalized spacial score (nSPS) is 30.9. The third-order valence-corrected chi connectivity index (χ3v) is 7.48. The number of hydrogen-bond donors (Lipinski definition) is 0. The van der Waals surface area contributed by atoms with Crippen LogP contribution in [0.15, 0.2) is 18.2 Å². The number of hydrogen-bond acceptors (Lipinski definition) is 4. The Kier molecular flexibility index (Phi) is 4.49. The van der Waals surface area contributed by atoms with E-state index in [2.05, 4.69) is 4.90 Å². The van der Waals surface area contributed by atoms with E-state index < -0.39 is 0 Å². The Bertz CT molecular complexity index is 748. The highest BCUT2D eigenvalue weighted by atomic mass is 19.1. The van der Waals surface area contributed by atoms with Crippen LogP contribution < -0.4 is 4.74 Å². The van der Waals surface area contributed by atoms with Gasteiger partial charge in [0.25, 0.3) is 0 Å². The Morgan fingerprint density at radius 3 is 2.61 bits per heavy atom. The van der Waals surface area contributed by atoms with Crippen molar-refractivity contribution in [2.75, 3.05) is 26.3 Å². The number of carbonyl (C=O) groups excluding carboxylic acids is 1. The number of rotatable bonds is 2. The van der Waals surface area contributed by atoms with Crippen molar-refractivity contribution >= 4 is 6.09 Å². The van der Waals surface area contributed by atoms with Gasteiger partial charge in [0, 0.05) is 29.1 Å². The number of halogens is 1. The van der Waals surface area contributed by atoms with Gasteiger partial charge in [-0.05, 0) is 76.7 Å². The summed E-state index contributed by atoms with van der Waals surface area (Å²) in [6.07, 6.45) is 6.17. The van der Waals surface area contributed by atoms with Gasteiger partial charge in [-0.3, -0.25) is 0 Å². The van der Waals surface area contributed by atoms with Gasteiger partial charge in [-0.25, -0.2) is 9.18 Å². The van der Waals surface area contributed by atoms with Crippen LogP contribution in [0.25, 0.3) is 0 Å². The smallest absolute Gasteiger partial charge is 0.410 e. The third-order valence-electron chi connectivity index (χ3n) is 7.48. The van der Waals surface area contributed by atoms with E-state index in [4.69, 9.17) is 9.47 Å².